The number of nitrogens with zero attached hydrogens (tertiary/aromatic N) is 3. The molecule has 2 N–H and O–H groups in total. The molecule has 0 atom stereocenters. The Bertz CT molecular complexity index is 598. The summed E-state index contributed by atoms with van der Waals surface area (Å²) in [5.41, 5.74) is 0.613. The van der Waals surface area contributed by atoms with Gasteiger partial charge in [0.25, 0.3) is 0 Å². The van der Waals surface area contributed by atoms with Crippen LogP contribution >= 0.6 is 11.3 Å². The molecule has 1 aromatic rings. The molecule has 9 nitrogen and oxygen atoms in total. The van der Waals surface area contributed by atoms with Gasteiger partial charge >= 0.3 is 12.1 Å². The second kappa shape index (κ2) is 8.48. The maximum absolute atomic E-state index is 12.2. The first-order chi connectivity index (χ1) is 11.5. The Kier molecular flexibility index (Phi) is 6.36. The van der Waals surface area contributed by atoms with Gasteiger partial charge in [0.05, 0.1) is 18.7 Å². The molecule has 0 bridgehead atoms. The van der Waals surface area contributed by atoms with Gasteiger partial charge in [-0.3, -0.25) is 10.1 Å². The van der Waals surface area contributed by atoms with E-state index < -0.39 is 0 Å². The lowest BCUT2D eigenvalue weighted by molar-refractivity contribution is -0.120. The van der Waals surface area contributed by atoms with E-state index in [0.29, 0.717) is 43.6 Å². The zero-order valence-electron chi connectivity index (χ0n) is 13.7. The molecule has 2 heterocycles. The first-order valence-corrected chi connectivity index (χ1v) is 8.54. The van der Waals surface area contributed by atoms with Crippen molar-refractivity contribution in [2.24, 2.45) is 0 Å². The van der Waals surface area contributed by atoms with Crippen LogP contribution in [0.2, 0.25) is 0 Å². The number of piperazine rings is 1. The third-order valence-corrected chi connectivity index (χ3v) is 4.29. The van der Waals surface area contributed by atoms with Crippen LogP contribution in [0.3, 0.4) is 0 Å². The van der Waals surface area contributed by atoms with Gasteiger partial charge in [-0.15, -0.1) is 11.3 Å². The fourth-order valence-electron chi connectivity index (χ4n) is 2.18. The van der Waals surface area contributed by atoms with Crippen molar-refractivity contribution >= 4 is 34.5 Å². The number of urea groups is 1. The van der Waals surface area contributed by atoms with E-state index in [0.717, 1.165) is 0 Å². The van der Waals surface area contributed by atoms with Crippen LogP contribution in [0.25, 0.3) is 0 Å². The maximum Gasteiger partial charge on any atom is 0.409 e. The summed E-state index contributed by atoms with van der Waals surface area (Å²) >= 11 is 1.27. The summed E-state index contributed by atoms with van der Waals surface area (Å²) in [5.74, 6) is -0.131. The lowest BCUT2D eigenvalue weighted by Crippen LogP contribution is -2.51. The molecule has 10 heteroatoms. The number of rotatable bonds is 4. The molecule has 0 unspecified atom stereocenters. The topological polar surface area (TPSA) is 104 Å². The number of nitrogens with one attached hydrogen (secondary N) is 2. The average molecular weight is 355 g/mol. The molecule has 1 aromatic heterocycles. The van der Waals surface area contributed by atoms with Gasteiger partial charge in [0.2, 0.25) is 5.91 Å². The lowest BCUT2D eigenvalue weighted by atomic mass is 10.3. The smallest absolute Gasteiger partial charge is 0.409 e. The molecule has 1 aliphatic heterocycles. The van der Waals surface area contributed by atoms with Gasteiger partial charge in [0.1, 0.15) is 0 Å². The van der Waals surface area contributed by atoms with E-state index >= 15 is 0 Å². The molecule has 132 valence electrons. The van der Waals surface area contributed by atoms with Gasteiger partial charge < -0.3 is 19.9 Å². The van der Waals surface area contributed by atoms with Crippen LogP contribution in [0, 0.1) is 0 Å². The number of hydrogen-bond acceptors (Lipinski definition) is 6. The predicted molar refractivity (Wildman–Crippen MR) is 89.1 cm³/mol. The number of carbonyl (C=O) groups is 3. The second-order valence-electron chi connectivity index (χ2n) is 5.10. The standard InChI is InChI=1S/C14H21N5O4S/c1-3-23-14(22)19-6-4-18(5-7-19)13(21)17-12-16-10(9-24-12)8-11(20)15-2/h9H,3-8H2,1-2H3,(H,15,20)(H,16,17,21). The van der Waals surface area contributed by atoms with E-state index in [1.807, 2.05) is 0 Å². The molecular formula is C14H21N5O4S. The number of thiazole rings is 1. The summed E-state index contributed by atoms with van der Waals surface area (Å²) in [5, 5.41) is 7.44. The first kappa shape index (κ1) is 18.0. The molecule has 1 aliphatic rings. The van der Waals surface area contributed by atoms with Crippen molar-refractivity contribution in [2.75, 3.05) is 45.2 Å². The minimum absolute atomic E-state index is 0.131. The highest BCUT2D eigenvalue weighted by atomic mass is 32.1. The summed E-state index contributed by atoms with van der Waals surface area (Å²) in [6.45, 7) is 3.83. The summed E-state index contributed by atoms with van der Waals surface area (Å²) in [6, 6.07) is -0.264. The van der Waals surface area contributed by atoms with Gasteiger partial charge in [-0.25, -0.2) is 14.6 Å². The fourth-order valence-corrected chi connectivity index (χ4v) is 2.88. The molecule has 0 aromatic carbocycles. The van der Waals surface area contributed by atoms with E-state index in [2.05, 4.69) is 15.6 Å². The lowest BCUT2D eigenvalue weighted by Gasteiger charge is -2.33. The number of likely N-dealkylation sites (N-methyl/N-ethyl adjacent to an activating group) is 1. The number of ether oxygens (including phenoxy) is 1. The van der Waals surface area contributed by atoms with E-state index in [9.17, 15) is 14.4 Å². The van der Waals surface area contributed by atoms with Crippen LogP contribution in [0.15, 0.2) is 5.38 Å². The maximum atomic E-state index is 12.2. The summed E-state index contributed by atoms with van der Waals surface area (Å²) in [7, 11) is 1.56. The third-order valence-electron chi connectivity index (χ3n) is 3.48. The highest BCUT2D eigenvalue weighted by Crippen LogP contribution is 2.17. The quantitative estimate of drug-likeness (QED) is 0.829. The summed E-state index contributed by atoms with van der Waals surface area (Å²) in [4.78, 5) is 42.6. The average Bonchev–Trinajstić information content (AvgIpc) is 3.01. The van der Waals surface area contributed by atoms with Crippen LogP contribution in [-0.4, -0.2) is 72.6 Å². The second-order valence-corrected chi connectivity index (χ2v) is 5.96. The van der Waals surface area contributed by atoms with E-state index in [1.165, 1.54) is 11.3 Å². The molecule has 2 rings (SSSR count). The molecule has 0 radical (unpaired) electrons. The van der Waals surface area contributed by atoms with Crippen molar-refractivity contribution in [3.05, 3.63) is 11.1 Å². The number of anilines is 1. The van der Waals surface area contributed by atoms with Crippen LogP contribution in [0.4, 0.5) is 14.7 Å². The highest BCUT2D eigenvalue weighted by molar-refractivity contribution is 7.13. The summed E-state index contributed by atoms with van der Waals surface area (Å²) in [6.07, 6.45) is -0.169. The number of hydrogen-bond donors (Lipinski definition) is 2. The SMILES string of the molecule is CCOC(=O)N1CCN(C(=O)Nc2nc(CC(=O)NC)cs2)CC1. The molecular weight excluding hydrogens is 334 g/mol. The Morgan fingerprint density at radius 2 is 1.92 bits per heavy atom. The Balaban J connectivity index is 1.81. The zero-order valence-corrected chi connectivity index (χ0v) is 14.5. The normalized spacial score (nSPS) is 14.2. The van der Waals surface area contributed by atoms with Crippen molar-refractivity contribution in [2.45, 2.75) is 13.3 Å². The van der Waals surface area contributed by atoms with Gasteiger partial charge in [0.15, 0.2) is 5.13 Å². The van der Waals surface area contributed by atoms with Crippen molar-refractivity contribution in [3.63, 3.8) is 0 Å². The van der Waals surface area contributed by atoms with Gasteiger partial charge in [0, 0.05) is 38.6 Å². The van der Waals surface area contributed by atoms with E-state index in [-0.39, 0.29) is 24.5 Å². The third kappa shape index (κ3) is 4.82. The molecule has 1 fully saturated rings. The Morgan fingerprint density at radius 1 is 1.25 bits per heavy atom. The molecule has 0 spiro atoms. The van der Waals surface area contributed by atoms with Crippen molar-refractivity contribution in [1.29, 1.82) is 0 Å². The monoisotopic (exact) mass is 355 g/mol. The molecule has 0 aliphatic carbocycles. The largest absolute Gasteiger partial charge is 0.450 e. The van der Waals surface area contributed by atoms with Crippen molar-refractivity contribution in [1.82, 2.24) is 20.1 Å². The summed E-state index contributed by atoms with van der Waals surface area (Å²) < 4.78 is 4.94. The molecule has 4 amide bonds. The number of carbonyl (C=O) groups excluding carboxylic acids is 3. The van der Waals surface area contributed by atoms with E-state index in [4.69, 9.17) is 4.74 Å². The van der Waals surface area contributed by atoms with Gasteiger partial charge in [-0.1, -0.05) is 0 Å². The minimum Gasteiger partial charge on any atom is -0.450 e. The fraction of sp³-hybridized carbons (Fsp3) is 0.571. The van der Waals surface area contributed by atoms with Crippen LogP contribution < -0.4 is 10.6 Å². The van der Waals surface area contributed by atoms with E-state index in [1.54, 1.807) is 29.2 Å². The Labute approximate surface area is 144 Å². The van der Waals surface area contributed by atoms with Crippen LogP contribution in [0.5, 0.6) is 0 Å². The van der Waals surface area contributed by atoms with Crippen molar-refractivity contribution < 1.29 is 19.1 Å². The van der Waals surface area contributed by atoms with Gasteiger partial charge in [-0.2, -0.15) is 0 Å². The minimum atomic E-state index is -0.351. The zero-order chi connectivity index (χ0) is 17.5. The van der Waals surface area contributed by atoms with Crippen LogP contribution in [-0.2, 0) is 16.0 Å². The predicted octanol–water partition coefficient (Wildman–Crippen LogP) is 0.738. The molecule has 1 saturated heterocycles. The van der Waals surface area contributed by atoms with Crippen molar-refractivity contribution in [3.8, 4) is 0 Å². The molecule has 0 saturated carbocycles. The van der Waals surface area contributed by atoms with Crippen LogP contribution in [0.1, 0.15) is 12.6 Å². The number of aromatic nitrogens is 1. The highest BCUT2D eigenvalue weighted by Gasteiger charge is 2.25. The molecule has 24 heavy (non-hydrogen) atoms. The number of amides is 4. The van der Waals surface area contributed by atoms with Gasteiger partial charge in [-0.05, 0) is 6.92 Å². The Morgan fingerprint density at radius 3 is 2.54 bits per heavy atom. The Hall–Kier alpha value is -2.36. The first-order valence-electron chi connectivity index (χ1n) is 7.66.